The number of rotatable bonds is 3. The summed E-state index contributed by atoms with van der Waals surface area (Å²) in [5.41, 5.74) is -0.634. The van der Waals surface area contributed by atoms with Crippen LogP contribution in [0.1, 0.15) is 33.3 Å². The van der Waals surface area contributed by atoms with Crippen LogP contribution in [0.25, 0.3) is 11.0 Å². The van der Waals surface area contributed by atoms with E-state index in [-0.39, 0.29) is 32.8 Å². The highest BCUT2D eigenvalue weighted by Crippen LogP contribution is 2.39. The molecule has 0 fully saturated rings. The van der Waals surface area contributed by atoms with Crippen molar-refractivity contribution in [1.82, 2.24) is 14.1 Å². The third kappa shape index (κ3) is 3.40. The molecule has 1 aliphatic carbocycles. The van der Waals surface area contributed by atoms with Crippen LogP contribution in [-0.4, -0.2) is 25.7 Å². The van der Waals surface area contributed by atoms with E-state index >= 15 is 0 Å². The van der Waals surface area contributed by atoms with Crippen molar-refractivity contribution in [2.24, 2.45) is 14.1 Å². The van der Waals surface area contributed by atoms with E-state index in [1.165, 1.54) is 24.7 Å². The molecular formula is C21H15BrClN3O4S. The van der Waals surface area contributed by atoms with Gasteiger partial charge < -0.3 is 0 Å². The number of hydrogen-bond acceptors (Lipinski definition) is 6. The summed E-state index contributed by atoms with van der Waals surface area (Å²) in [6.07, 6.45) is 1.59. The van der Waals surface area contributed by atoms with Gasteiger partial charge in [-0.1, -0.05) is 30.3 Å². The molecule has 0 radical (unpaired) electrons. The number of fused-ring (bicyclic) bond motifs is 3. The molecule has 0 amide bonds. The fourth-order valence-electron chi connectivity index (χ4n) is 3.52. The molecular weight excluding hydrogens is 506 g/mol. The summed E-state index contributed by atoms with van der Waals surface area (Å²) in [7, 11) is 2.81. The van der Waals surface area contributed by atoms with Gasteiger partial charge in [-0.15, -0.1) is 0 Å². The molecule has 0 saturated carbocycles. The monoisotopic (exact) mass is 519 g/mol. The van der Waals surface area contributed by atoms with Crippen molar-refractivity contribution in [2.75, 3.05) is 0 Å². The number of carbonyl (C=O) groups is 2. The van der Waals surface area contributed by atoms with Gasteiger partial charge in [-0.05, 0) is 40.5 Å². The van der Waals surface area contributed by atoms with Gasteiger partial charge in [0.05, 0.1) is 27.1 Å². The van der Waals surface area contributed by atoms with Gasteiger partial charge in [0, 0.05) is 34.6 Å². The van der Waals surface area contributed by atoms with Gasteiger partial charge in [0.2, 0.25) is 5.78 Å². The van der Waals surface area contributed by atoms with Crippen LogP contribution in [0.4, 0.5) is 0 Å². The van der Waals surface area contributed by atoms with E-state index in [1.54, 1.807) is 25.1 Å². The molecule has 0 N–H and O–H groups in total. The molecule has 3 aromatic rings. The van der Waals surface area contributed by atoms with Crippen molar-refractivity contribution >= 4 is 61.9 Å². The minimum Gasteiger partial charge on any atom is -0.289 e. The lowest BCUT2D eigenvalue weighted by atomic mass is 9.90. The first-order valence-electron chi connectivity index (χ1n) is 9.21. The average Bonchev–Trinajstić information content (AvgIpc) is 2.74. The summed E-state index contributed by atoms with van der Waals surface area (Å²) >= 11 is 10.5. The van der Waals surface area contributed by atoms with Gasteiger partial charge in [-0.2, -0.15) is 0 Å². The van der Waals surface area contributed by atoms with Crippen LogP contribution in [0.15, 0.2) is 48.1 Å². The predicted molar refractivity (Wildman–Crippen MR) is 123 cm³/mol. The Morgan fingerprint density at radius 1 is 1.10 bits per heavy atom. The second-order valence-electron chi connectivity index (χ2n) is 6.95. The molecule has 1 aromatic carbocycles. The Labute approximate surface area is 193 Å². The fourth-order valence-corrected chi connectivity index (χ4v) is 5.33. The number of aryl methyl sites for hydroxylation is 2. The molecule has 31 heavy (non-hydrogen) atoms. The molecule has 4 rings (SSSR count). The lowest BCUT2D eigenvalue weighted by molar-refractivity contribution is 0.0991. The van der Waals surface area contributed by atoms with E-state index in [2.05, 4.69) is 20.9 Å². The smallest absolute Gasteiger partial charge is 0.289 e. The van der Waals surface area contributed by atoms with Crippen molar-refractivity contribution < 1.29 is 9.59 Å². The van der Waals surface area contributed by atoms with E-state index in [1.807, 2.05) is 0 Å². The predicted octanol–water partition coefficient (Wildman–Crippen LogP) is 3.67. The molecule has 2 heterocycles. The number of ketones is 2. The Hall–Kier alpha value is -2.49. The van der Waals surface area contributed by atoms with Crippen LogP contribution in [0.2, 0.25) is 5.02 Å². The summed E-state index contributed by atoms with van der Waals surface area (Å²) in [5, 5.41) is 0.509. The first-order chi connectivity index (χ1) is 14.6. The zero-order valence-corrected chi connectivity index (χ0v) is 19.8. The van der Waals surface area contributed by atoms with Gasteiger partial charge in [-0.3, -0.25) is 23.5 Å². The molecule has 0 atom stereocenters. The third-order valence-corrected chi connectivity index (χ3v) is 7.32. The van der Waals surface area contributed by atoms with Crippen molar-refractivity contribution in [3.63, 3.8) is 0 Å². The van der Waals surface area contributed by atoms with Gasteiger partial charge in [-0.25, -0.2) is 9.78 Å². The van der Waals surface area contributed by atoms with Crippen LogP contribution >= 0.6 is 39.3 Å². The zero-order valence-electron chi connectivity index (χ0n) is 16.7. The number of carbonyl (C=O) groups excluding carboxylic acids is 2. The van der Waals surface area contributed by atoms with Crippen LogP contribution in [0.3, 0.4) is 0 Å². The third-order valence-electron chi connectivity index (χ3n) is 5.07. The minimum atomic E-state index is -0.657. The topological polar surface area (TPSA) is 91.0 Å². The van der Waals surface area contributed by atoms with Crippen molar-refractivity contribution in [3.8, 4) is 0 Å². The maximum atomic E-state index is 13.4. The molecule has 158 valence electrons. The van der Waals surface area contributed by atoms with Gasteiger partial charge in [0.1, 0.15) is 5.65 Å². The van der Waals surface area contributed by atoms with E-state index in [0.717, 1.165) is 16.3 Å². The molecule has 0 aliphatic heterocycles. The molecule has 0 unspecified atom stereocenters. The quantitative estimate of drug-likeness (QED) is 0.523. The SMILES string of the molecule is CCc1nc2c(c3c1C(=O)C(Sc1ccc(Cl)cc1Br)=CC3=O)c(=O)n(C)c(=O)n2C. The first-order valence-corrected chi connectivity index (χ1v) is 11.2. The second-order valence-corrected chi connectivity index (χ2v) is 9.32. The maximum absolute atomic E-state index is 13.4. The lowest BCUT2D eigenvalue weighted by Gasteiger charge is -2.20. The van der Waals surface area contributed by atoms with Crippen LogP contribution in [-0.2, 0) is 20.5 Å². The summed E-state index contributed by atoms with van der Waals surface area (Å²) in [6.45, 7) is 1.80. The highest BCUT2D eigenvalue weighted by Gasteiger charge is 2.33. The highest BCUT2D eigenvalue weighted by molar-refractivity contribution is 9.10. The number of Topliss-reactive ketones (excluding diaryl/α,β-unsaturated/α-hetero) is 1. The molecule has 0 spiro atoms. The number of nitrogens with zero attached hydrogens (tertiary/aromatic N) is 3. The molecule has 7 nitrogen and oxygen atoms in total. The number of thioether (sulfide) groups is 1. The Balaban J connectivity index is 1.99. The van der Waals surface area contributed by atoms with Crippen molar-refractivity contribution in [2.45, 2.75) is 18.2 Å². The number of halogens is 2. The van der Waals surface area contributed by atoms with Gasteiger partial charge in [0.15, 0.2) is 5.78 Å². The molecule has 10 heteroatoms. The van der Waals surface area contributed by atoms with Crippen molar-refractivity contribution in [1.29, 1.82) is 0 Å². The van der Waals surface area contributed by atoms with Gasteiger partial charge >= 0.3 is 5.69 Å². The Kier molecular flexibility index (Phi) is 5.53. The Morgan fingerprint density at radius 2 is 1.81 bits per heavy atom. The van der Waals surface area contributed by atoms with E-state index in [0.29, 0.717) is 26.5 Å². The van der Waals surface area contributed by atoms with Gasteiger partial charge in [0.25, 0.3) is 5.56 Å². The first kappa shape index (κ1) is 21.7. The maximum Gasteiger partial charge on any atom is 0.332 e. The zero-order chi connectivity index (χ0) is 22.6. The summed E-state index contributed by atoms with van der Waals surface area (Å²) in [5.74, 6) is -0.858. The van der Waals surface area contributed by atoms with E-state index < -0.39 is 17.0 Å². The number of benzene rings is 1. The number of allylic oxidation sites excluding steroid dienone is 2. The van der Waals surface area contributed by atoms with Crippen molar-refractivity contribution in [3.05, 3.63) is 76.3 Å². The molecule has 1 aliphatic rings. The largest absolute Gasteiger partial charge is 0.332 e. The number of hydrogen-bond donors (Lipinski definition) is 0. The van der Waals surface area contributed by atoms with Crippen LogP contribution in [0.5, 0.6) is 0 Å². The Morgan fingerprint density at radius 3 is 2.45 bits per heavy atom. The highest BCUT2D eigenvalue weighted by atomic mass is 79.9. The van der Waals surface area contributed by atoms with E-state index in [4.69, 9.17) is 11.6 Å². The summed E-state index contributed by atoms with van der Waals surface area (Å²) in [6, 6.07) is 5.13. The average molecular weight is 521 g/mol. The Bertz CT molecular complexity index is 1470. The standard InChI is InChI=1S/C21H15BrClN3O4S/c1-4-11-15-16(17-19(24-11)25(2)21(30)26(3)20(17)29)12(27)8-14(18(15)28)31-13-6-5-9(23)7-10(13)22/h5-8H,4H2,1-3H3. The fraction of sp³-hybridized carbons (Fsp3) is 0.190. The summed E-state index contributed by atoms with van der Waals surface area (Å²) < 4.78 is 2.81. The number of pyridine rings is 1. The lowest BCUT2D eigenvalue weighted by Crippen LogP contribution is -2.39. The molecule has 2 aromatic heterocycles. The summed E-state index contributed by atoms with van der Waals surface area (Å²) in [4.78, 5) is 57.2. The molecule has 0 bridgehead atoms. The normalized spacial score (nSPS) is 13.5. The van der Waals surface area contributed by atoms with E-state index in [9.17, 15) is 19.2 Å². The second kappa shape index (κ2) is 7.89. The minimum absolute atomic E-state index is 0.00238. The molecule has 0 saturated heterocycles. The van der Waals surface area contributed by atoms with Crippen LogP contribution in [0, 0.1) is 0 Å². The number of aromatic nitrogens is 3. The van der Waals surface area contributed by atoms with Crippen LogP contribution < -0.4 is 11.2 Å².